The van der Waals surface area contributed by atoms with E-state index in [1.54, 1.807) is 0 Å². The third-order valence-corrected chi connectivity index (χ3v) is 1.87. The highest BCUT2D eigenvalue weighted by molar-refractivity contribution is 5.01. The van der Waals surface area contributed by atoms with E-state index in [0.29, 0.717) is 13.2 Å². The standard InChI is InChI=1S/C10H18O3/c1-4-11-9-7-6-8(3)13-10(9)12-5-2/h7-8,10H,4-6H2,1-3H3/t8-,10-/m1/s1. The molecule has 0 aromatic rings. The summed E-state index contributed by atoms with van der Waals surface area (Å²) in [5, 5.41) is 0. The van der Waals surface area contributed by atoms with Crippen LogP contribution in [0.2, 0.25) is 0 Å². The van der Waals surface area contributed by atoms with E-state index >= 15 is 0 Å². The van der Waals surface area contributed by atoms with E-state index in [2.05, 4.69) is 6.08 Å². The molecule has 1 rings (SSSR count). The molecule has 0 saturated carbocycles. The molecule has 1 heterocycles. The highest BCUT2D eigenvalue weighted by Crippen LogP contribution is 2.20. The van der Waals surface area contributed by atoms with Crippen LogP contribution < -0.4 is 0 Å². The van der Waals surface area contributed by atoms with Crippen LogP contribution in [0.15, 0.2) is 11.8 Å². The largest absolute Gasteiger partial charge is 0.493 e. The number of rotatable bonds is 4. The van der Waals surface area contributed by atoms with Crippen LogP contribution in [0.4, 0.5) is 0 Å². The van der Waals surface area contributed by atoms with E-state index < -0.39 is 0 Å². The number of ether oxygens (including phenoxy) is 3. The fraction of sp³-hybridized carbons (Fsp3) is 0.800. The van der Waals surface area contributed by atoms with Gasteiger partial charge in [0.25, 0.3) is 0 Å². The Labute approximate surface area is 79.7 Å². The molecule has 0 fully saturated rings. The molecule has 13 heavy (non-hydrogen) atoms. The molecular formula is C10H18O3. The summed E-state index contributed by atoms with van der Waals surface area (Å²) in [6, 6.07) is 0. The SMILES string of the molecule is CCOC1=CC[C@@H](C)O[C@H]1OCC. The van der Waals surface area contributed by atoms with Gasteiger partial charge in [0.05, 0.1) is 12.7 Å². The molecular weight excluding hydrogens is 168 g/mol. The van der Waals surface area contributed by atoms with Crippen molar-refractivity contribution in [2.45, 2.75) is 39.6 Å². The Morgan fingerprint density at radius 2 is 2.23 bits per heavy atom. The van der Waals surface area contributed by atoms with Gasteiger partial charge in [-0.25, -0.2) is 0 Å². The summed E-state index contributed by atoms with van der Waals surface area (Å²) in [5.41, 5.74) is 0. The lowest BCUT2D eigenvalue weighted by atomic mass is 10.2. The van der Waals surface area contributed by atoms with Gasteiger partial charge in [0.15, 0.2) is 0 Å². The molecule has 0 aromatic carbocycles. The van der Waals surface area contributed by atoms with Crippen LogP contribution in [0.3, 0.4) is 0 Å². The van der Waals surface area contributed by atoms with Gasteiger partial charge in [0, 0.05) is 6.61 Å². The molecule has 76 valence electrons. The van der Waals surface area contributed by atoms with Crippen LogP contribution >= 0.6 is 0 Å². The first-order valence-corrected chi connectivity index (χ1v) is 4.87. The van der Waals surface area contributed by atoms with Crippen LogP contribution in [0.1, 0.15) is 27.2 Å². The van der Waals surface area contributed by atoms with E-state index in [4.69, 9.17) is 14.2 Å². The molecule has 1 aliphatic rings. The van der Waals surface area contributed by atoms with Gasteiger partial charge in [-0.05, 0) is 33.3 Å². The van der Waals surface area contributed by atoms with Gasteiger partial charge < -0.3 is 14.2 Å². The van der Waals surface area contributed by atoms with Gasteiger partial charge in [-0.3, -0.25) is 0 Å². The highest BCUT2D eigenvalue weighted by Gasteiger charge is 2.23. The van der Waals surface area contributed by atoms with Gasteiger partial charge >= 0.3 is 0 Å². The summed E-state index contributed by atoms with van der Waals surface area (Å²) in [6.07, 6.45) is 2.88. The molecule has 0 saturated heterocycles. The summed E-state index contributed by atoms with van der Waals surface area (Å²) >= 11 is 0. The van der Waals surface area contributed by atoms with Crippen LogP contribution in [-0.4, -0.2) is 25.6 Å². The summed E-state index contributed by atoms with van der Waals surface area (Å²) in [6.45, 7) is 7.24. The maximum atomic E-state index is 5.58. The topological polar surface area (TPSA) is 27.7 Å². The van der Waals surface area contributed by atoms with Crippen LogP contribution in [0.25, 0.3) is 0 Å². The Hall–Kier alpha value is -0.540. The minimum Gasteiger partial charge on any atom is -0.493 e. The monoisotopic (exact) mass is 186 g/mol. The zero-order chi connectivity index (χ0) is 9.68. The van der Waals surface area contributed by atoms with Gasteiger partial charge in [0.2, 0.25) is 6.29 Å². The van der Waals surface area contributed by atoms with E-state index in [9.17, 15) is 0 Å². The minimum atomic E-state index is -0.298. The fourth-order valence-electron chi connectivity index (χ4n) is 1.28. The lowest BCUT2D eigenvalue weighted by Gasteiger charge is -2.27. The number of hydrogen-bond donors (Lipinski definition) is 0. The smallest absolute Gasteiger partial charge is 0.216 e. The van der Waals surface area contributed by atoms with Crippen LogP contribution in [0.5, 0.6) is 0 Å². The normalized spacial score (nSPS) is 28.4. The van der Waals surface area contributed by atoms with Crippen molar-refractivity contribution in [2.24, 2.45) is 0 Å². The Morgan fingerprint density at radius 3 is 2.85 bits per heavy atom. The first-order valence-electron chi connectivity index (χ1n) is 4.87. The van der Waals surface area contributed by atoms with Crippen molar-refractivity contribution in [1.82, 2.24) is 0 Å². The molecule has 1 aliphatic heterocycles. The molecule has 0 radical (unpaired) electrons. The predicted octanol–water partition coefficient (Wildman–Crippen LogP) is 2.08. The van der Waals surface area contributed by atoms with E-state index in [-0.39, 0.29) is 12.4 Å². The fourth-order valence-corrected chi connectivity index (χ4v) is 1.28. The first-order chi connectivity index (χ1) is 6.27. The highest BCUT2D eigenvalue weighted by atomic mass is 16.7. The summed E-state index contributed by atoms with van der Waals surface area (Å²) in [4.78, 5) is 0. The predicted molar refractivity (Wildman–Crippen MR) is 50.3 cm³/mol. The Bertz CT molecular complexity index is 177. The second-order valence-corrected chi connectivity index (χ2v) is 3.01. The third-order valence-electron chi connectivity index (χ3n) is 1.87. The van der Waals surface area contributed by atoms with Gasteiger partial charge in [-0.1, -0.05) is 0 Å². The van der Waals surface area contributed by atoms with Crippen molar-refractivity contribution in [2.75, 3.05) is 13.2 Å². The Balaban J connectivity index is 2.54. The Kier molecular flexibility index (Phi) is 4.25. The van der Waals surface area contributed by atoms with Crippen molar-refractivity contribution in [1.29, 1.82) is 0 Å². The molecule has 0 unspecified atom stereocenters. The molecule has 3 nitrogen and oxygen atoms in total. The summed E-state index contributed by atoms with van der Waals surface area (Å²) < 4.78 is 16.4. The van der Waals surface area contributed by atoms with Gasteiger partial charge in [0.1, 0.15) is 5.76 Å². The maximum Gasteiger partial charge on any atom is 0.216 e. The van der Waals surface area contributed by atoms with Crippen molar-refractivity contribution in [3.8, 4) is 0 Å². The average molecular weight is 186 g/mol. The molecule has 2 atom stereocenters. The molecule has 0 N–H and O–H groups in total. The van der Waals surface area contributed by atoms with Gasteiger partial charge in [-0.2, -0.15) is 0 Å². The van der Waals surface area contributed by atoms with Crippen molar-refractivity contribution < 1.29 is 14.2 Å². The second-order valence-electron chi connectivity index (χ2n) is 3.01. The number of hydrogen-bond acceptors (Lipinski definition) is 3. The quantitative estimate of drug-likeness (QED) is 0.672. The van der Waals surface area contributed by atoms with E-state index in [1.807, 2.05) is 20.8 Å². The van der Waals surface area contributed by atoms with Gasteiger partial charge in [-0.15, -0.1) is 0 Å². The Morgan fingerprint density at radius 1 is 1.46 bits per heavy atom. The van der Waals surface area contributed by atoms with Crippen LogP contribution in [0, 0.1) is 0 Å². The molecule has 3 heteroatoms. The summed E-state index contributed by atoms with van der Waals surface area (Å²) in [5.74, 6) is 0.822. The molecule has 0 aromatic heterocycles. The zero-order valence-electron chi connectivity index (χ0n) is 8.58. The molecule has 0 spiro atoms. The minimum absolute atomic E-state index is 0.223. The van der Waals surface area contributed by atoms with E-state index in [0.717, 1.165) is 12.2 Å². The first kappa shape index (κ1) is 10.5. The van der Waals surface area contributed by atoms with Crippen molar-refractivity contribution in [3.63, 3.8) is 0 Å². The van der Waals surface area contributed by atoms with E-state index in [1.165, 1.54) is 0 Å². The lowest BCUT2D eigenvalue weighted by Crippen LogP contribution is -2.29. The molecule has 0 bridgehead atoms. The third kappa shape index (κ3) is 3.01. The second kappa shape index (κ2) is 5.25. The molecule has 0 amide bonds. The lowest BCUT2D eigenvalue weighted by molar-refractivity contribution is -0.169. The zero-order valence-corrected chi connectivity index (χ0v) is 8.58. The average Bonchev–Trinajstić information content (AvgIpc) is 2.10. The maximum absolute atomic E-state index is 5.58. The van der Waals surface area contributed by atoms with Crippen LogP contribution in [-0.2, 0) is 14.2 Å². The van der Waals surface area contributed by atoms with Crippen molar-refractivity contribution >= 4 is 0 Å². The summed E-state index contributed by atoms with van der Waals surface area (Å²) in [7, 11) is 0. The molecule has 0 aliphatic carbocycles. The van der Waals surface area contributed by atoms with Crippen molar-refractivity contribution in [3.05, 3.63) is 11.8 Å².